The van der Waals surface area contributed by atoms with Crippen molar-refractivity contribution in [1.82, 2.24) is 4.90 Å². The van der Waals surface area contributed by atoms with Gasteiger partial charge in [-0.3, -0.25) is 9.69 Å². The molecule has 4 heteroatoms. The summed E-state index contributed by atoms with van der Waals surface area (Å²) in [4.78, 5) is 16.6. The van der Waals surface area contributed by atoms with Gasteiger partial charge in [-0.05, 0) is 53.8 Å². The third-order valence-corrected chi connectivity index (χ3v) is 6.58. The molecule has 0 bridgehead atoms. The van der Waals surface area contributed by atoms with Crippen molar-refractivity contribution in [2.45, 2.75) is 38.3 Å². The van der Waals surface area contributed by atoms with Gasteiger partial charge < -0.3 is 5.11 Å². The van der Waals surface area contributed by atoms with Crippen LogP contribution in [0.4, 0.5) is 0 Å². The number of benzene rings is 2. The summed E-state index contributed by atoms with van der Waals surface area (Å²) in [5.74, 6) is -0.708. The molecule has 1 N–H and O–H groups in total. The summed E-state index contributed by atoms with van der Waals surface area (Å²) in [6.07, 6.45) is 2.68. The Kier molecular flexibility index (Phi) is 4.79. The number of nitrogens with zero attached hydrogens (tertiary/aromatic N) is 1. The summed E-state index contributed by atoms with van der Waals surface area (Å²) >= 11 is 1.81. The molecule has 1 aliphatic rings. The maximum atomic E-state index is 11.8. The number of carboxylic acids is 1. The van der Waals surface area contributed by atoms with E-state index in [4.69, 9.17) is 0 Å². The molecular weight excluding hydrogens is 342 g/mol. The highest BCUT2D eigenvalue weighted by Crippen LogP contribution is 2.39. The van der Waals surface area contributed by atoms with Crippen molar-refractivity contribution in [2.24, 2.45) is 0 Å². The van der Waals surface area contributed by atoms with Crippen LogP contribution < -0.4 is 0 Å². The number of hydrogen-bond acceptors (Lipinski definition) is 3. The molecule has 1 saturated heterocycles. The Morgan fingerprint density at radius 3 is 2.73 bits per heavy atom. The van der Waals surface area contributed by atoms with Crippen LogP contribution in [0.25, 0.3) is 10.8 Å². The highest BCUT2D eigenvalue weighted by molar-refractivity contribution is 7.12. The molecule has 1 fully saturated rings. The van der Waals surface area contributed by atoms with E-state index in [0.29, 0.717) is 0 Å². The SMILES string of the molecule is CCc1ccc(C(c2ccc3ccccc3c2)N2CCCC2C(=O)O)s1. The number of carbonyl (C=O) groups is 1. The van der Waals surface area contributed by atoms with Crippen molar-refractivity contribution in [3.63, 3.8) is 0 Å². The second-order valence-corrected chi connectivity index (χ2v) is 8.10. The zero-order valence-electron chi connectivity index (χ0n) is 14.9. The molecule has 134 valence electrons. The summed E-state index contributed by atoms with van der Waals surface area (Å²) in [5.41, 5.74) is 1.18. The van der Waals surface area contributed by atoms with Crippen molar-refractivity contribution in [3.05, 3.63) is 69.9 Å². The first kappa shape index (κ1) is 17.3. The Morgan fingerprint density at radius 1 is 1.19 bits per heavy atom. The highest BCUT2D eigenvalue weighted by atomic mass is 32.1. The van der Waals surface area contributed by atoms with Crippen LogP contribution in [0.5, 0.6) is 0 Å². The van der Waals surface area contributed by atoms with Crippen LogP contribution in [0.15, 0.2) is 54.6 Å². The molecule has 0 saturated carbocycles. The molecule has 0 aliphatic carbocycles. The van der Waals surface area contributed by atoms with Crippen LogP contribution in [0.2, 0.25) is 0 Å². The topological polar surface area (TPSA) is 40.5 Å². The van der Waals surface area contributed by atoms with Crippen LogP contribution in [0, 0.1) is 0 Å². The maximum Gasteiger partial charge on any atom is 0.320 e. The fraction of sp³-hybridized carbons (Fsp3) is 0.318. The number of hydrogen-bond donors (Lipinski definition) is 1. The van der Waals surface area contributed by atoms with E-state index in [-0.39, 0.29) is 6.04 Å². The molecule has 0 spiro atoms. The third kappa shape index (κ3) is 3.15. The van der Waals surface area contributed by atoms with Crippen LogP contribution in [0.3, 0.4) is 0 Å². The lowest BCUT2D eigenvalue weighted by atomic mass is 9.99. The van der Waals surface area contributed by atoms with Gasteiger partial charge in [0.1, 0.15) is 6.04 Å². The molecule has 4 rings (SSSR count). The van der Waals surface area contributed by atoms with Crippen LogP contribution in [-0.4, -0.2) is 28.6 Å². The zero-order valence-corrected chi connectivity index (χ0v) is 15.7. The Morgan fingerprint density at radius 2 is 2.00 bits per heavy atom. The van der Waals surface area contributed by atoms with E-state index in [1.54, 1.807) is 0 Å². The molecule has 2 aromatic carbocycles. The lowest BCUT2D eigenvalue weighted by molar-refractivity contribution is -0.142. The minimum atomic E-state index is -0.708. The van der Waals surface area contributed by atoms with Crippen molar-refractivity contribution in [2.75, 3.05) is 6.54 Å². The van der Waals surface area contributed by atoms with E-state index >= 15 is 0 Å². The first-order valence-electron chi connectivity index (χ1n) is 9.23. The number of likely N-dealkylation sites (tertiary alicyclic amines) is 1. The van der Waals surface area contributed by atoms with Gasteiger partial charge in [0, 0.05) is 16.3 Å². The number of aliphatic carboxylic acids is 1. The van der Waals surface area contributed by atoms with E-state index in [1.165, 1.54) is 26.1 Å². The van der Waals surface area contributed by atoms with Gasteiger partial charge in [-0.1, -0.05) is 43.3 Å². The van der Waals surface area contributed by atoms with Gasteiger partial charge >= 0.3 is 5.97 Å². The van der Waals surface area contributed by atoms with E-state index in [2.05, 4.69) is 60.4 Å². The number of carboxylic acid groups (broad SMARTS) is 1. The van der Waals surface area contributed by atoms with Gasteiger partial charge in [-0.2, -0.15) is 0 Å². The quantitative estimate of drug-likeness (QED) is 0.684. The third-order valence-electron chi connectivity index (χ3n) is 5.30. The fourth-order valence-electron chi connectivity index (χ4n) is 3.99. The summed E-state index contributed by atoms with van der Waals surface area (Å²) < 4.78 is 0. The van der Waals surface area contributed by atoms with Crippen LogP contribution >= 0.6 is 11.3 Å². The van der Waals surface area contributed by atoms with E-state index in [1.807, 2.05) is 17.4 Å². The largest absolute Gasteiger partial charge is 0.480 e. The number of thiophene rings is 1. The van der Waals surface area contributed by atoms with E-state index in [9.17, 15) is 9.90 Å². The predicted octanol–water partition coefficient (Wildman–Crippen LogP) is 5.10. The fourth-order valence-corrected chi connectivity index (χ4v) is 5.09. The van der Waals surface area contributed by atoms with Crippen molar-refractivity contribution in [1.29, 1.82) is 0 Å². The average molecular weight is 365 g/mol. The van der Waals surface area contributed by atoms with Gasteiger partial charge in [0.2, 0.25) is 0 Å². The molecule has 0 amide bonds. The summed E-state index contributed by atoms with van der Waals surface area (Å²) in [7, 11) is 0. The Bertz CT molecular complexity index is 933. The summed E-state index contributed by atoms with van der Waals surface area (Å²) in [6, 6.07) is 18.8. The minimum Gasteiger partial charge on any atom is -0.480 e. The Hall–Kier alpha value is -2.17. The van der Waals surface area contributed by atoms with Gasteiger partial charge in [0.25, 0.3) is 0 Å². The lowest BCUT2D eigenvalue weighted by Crippen LogP contribution is -2.39. The van der Waals surface area contributed by atoms with Gasteiger partial charge in [0.15, 0.2) is 0 Å². The first-order chi connectivity index (χ1) is 12.7. The molecule has 2 heterocycles. The minimum absolute atomic E-state index is 0.00788. The van der Waals surface area contributed by atoms with Crippen LogP contribution in [-0.2, 0) is 11.2 Å². The molecule has 2 atom stereocenters. The first-order valence-corrected chi connectivity index (χ1v) is 10.0. The number of aryl methyl sites for hydroxylation is 1. The van der Waals surface area contributed by atoms with Gasteiger partial charge in [-0.25, -0.2) is 0 Å². The second-order valence-electron chi connectivity index (χ2n) is 6.90. The molecule has 3 aromatic rings. The average Bonchev–Trinajstić information content (AvgIpc) is 3.32. The molecule has 1 aromatic heterocycles. The highest BCUT2D eigenvalue weighted by Gasteiger charge is 2.37. The molecule has 26 heavy (non-hydrogen) atoms. The normalized spacial score (nSPS) is 19.0. The number of fused-ring (bicyclic) bond motifs is 1. The molecule has 1 aliphatic heterocycles. The van der Waals surface area contributed by atoms with Crippen molar-refractivity contribution < 1.29 is 9.90 Å². The Balaban J connectivity index is 1.82. The maximum absolute atomic E-state index is 11.8. The zero-order chi connectivity index (χ0) is 18.1. The standard InChI is InChI=1S/C22H23NO2S/c1-2-18-11-12-20(26-18)21(23-13-5-8-19(23)22(24)25)17-10-9-15-6-3-4-7-16(15)14-17/h3-4,6-7,9-12,14,19,21H,2,5,8,13H2,1H3,(H,24,25). The molecule has 2 unspecified atom stereocenters. The monoisotopic (exact) mass is 365 g/mol. The van der Waals surface area contributed by atoms with Gasteiger partial charge in [0.05, 0.1) is 6.04 Å². The Labute approximate surface area is 157 Å². The van der Waals surface area contributed by atoms with E-state index < -0.39 is 12.0 Å². The lowest BCUT2D eigenvalue weighted by Gasteiger charge is -2.31. The predicted molar refractivity (Wildman–Crippen MR) is 107 cm³/mol. The summed E-state index contributed by atoms with van der Waals surface area (Å²) in [6.45, 7) is 2.99. The summed E-state index contributed by atoms with van der Waals surface area (Å²) in [5, 5.41) is 12.1. The number of rotatable bonds is 5. The smallest absolute Gasteiger partial charge is 0.320 e. The van der Waals surface area contributed by atoms with E-state index in [0.717, 1.165) is 25.8 Å². The molecule has 0 radical (unpaired) electrons. The molecule has 3 nitrogen and oxygen atoms in total. The second kappa shape index (κ2) is 7.22. The van der Waals surface area contributed by atoms with Crippen molar-refractivity contribution >= 4 is 28.1 Å². The van der Waals surface area contributed by atoms with Gasteiger partial charge in [-0.15, -0.1) is 11.3 Å². The van der Waals surface area contributed by atoms with Crippen molar-refractivity contribution in [3.8, 4) is 0 Å². The van der Waals surface area contributed by atoms with Crippen LogP contribution in [0.1, 0.15) is 41.1 Å². The molecular formula is C22H23NO2S.